The molecular weight excluding hydrogens is 190 g/mol. The number of aromatic hydroxyl groups is 1. The summed E-state index contributed by atoms with van der Waals surface area (Å²) in [6, 6.07) is 3.74. The van der Waals surface area contributed by atoms with Crippen LogP contribution in [-0.2, 0) is 5.54 Å². The van der Waals surface area contributed by atoms with E-state index in [2.05, 4.69) is 0 Å². The molecule has 0 atom stereocenters. The van der Waals surface area contributed by atoms with Crippen molar-refractivity contribution in [1.82, 2.24) is 0 Å². The van der Waals surface area contributed by atoms with E-state index in [1.165, 1.54) is 6.42 Å². The second-order valence-electron chi connectivity index (χ2n) is 4.36. The predicted octanol–water partition coefficient (Wildman–Crippen LogP) is 2.05. The van der Waals surface area contributed by atoms with Crippen molar-refractivity contribution in [2.45, 2.75) is 31.7 Å². The van der Waals surface area contributed by atoms with Crippen molar-refractivity contribution in [2.75, 3.05) is 7.11 Å². The first kappa shape index (κ1) is 10.3. The third-order valence-corrected chi connectivity index (χ3v) is 3.28. The summed E-state index contributed by atoms with van der Waals surface area (Å²) < 4.78 is 5.10. The van der Waals surface area contributed by atoms with Gasteiger partial charge in [-0.15, -0.1) is 0 Å². The maximum atomic E-state index is 9.77. The number of benzene rings is 1. The Labute approximate surface area is 89.9 Å². The van der Waals surface area contributed by atoms with E-state index in [0.717, 1.165) is 24.0 Å². The van der Waals surface area contributed by atoms with E-state index in [1.54, 1.807) is 13.2 Å². The van der Waals surface area contributed by atoms with Gasteiger partial charge in [-0.2, -0.15) is 0 Å². The maximum absolute atomic E-state index is 9.77. The summed E-state index contributed by atoms with van der Waals surface area (Å²) in [6.45, 7) is 1.92. The van der Waals surface area contributed by atoms with Gasteiger partial charge in [0.1, 0.15) is 0 Å². The predicted molar refractivity (Wildman–Crippen MR) is 59.1 cm³/mol. The minimum atomic E-state index is -0.228. The van der Waals surface area contributed by atoms with Gasteiger partial charge < -0.3 is 15.6 Å². The smallest absolute Gasteiger partial charge is 0.163 e. The van der Waals surface area contributed by atoms with Crippen LogP contribution >= 0.6 is 0 Å². The number of nitrogens with two attached hydrogens (primary N) is 1. The zero-order chi connectivity index (χ0) is 11.1. The van der Waals surface area contributed by atoms with E-state index in [0.29, 0.717) is 5.75 Å². The van der Waals surface area contributed by atoms with Crippen molar-refractivity contribution in [2.24, 2.45) is 5.73 Å². The molecule has 1 fully saturated rings. The molecule has 0 aromatic heterocycles. The SMILES string of the molecule is COc1c(C)cc(C2(N)CCC2)cc1O. The van der Waals surface area contributed by atoms with Gasteiger partial charge in [-0.1, -0.05) is 6.07 Å². The molecule has 3 heteroatoms. The number of aryl methyl sites for hydroxylation is 1. The van der Waals surface area contributed by atoms with E-state index in [4.69, 9.17) is 10.5 Å². The third-order valence-electron chi connectivity index (χ3n) is 3.28. The van der Waals surface area contributed by atoms with Gasteiger partial charge in [-0.25, -0.2) is 0 Å². The quantitative estimate of drug-likeness (QED) is 0.780. The molecular formula is C12H17NO2. The summed E-state index contributed by atoms with van der Waals surface area (Å²) in [5.41, 5.74) is 7.93. The Bertz CT molecular complexity index is 360. The number of ether oxygens (including phenoxy) is 1. The molecule has 0 spiro atoms. The highest BCUT2D eigenvalue weighted by Crippen LogP contribution is 2.42. The van der Waals surface area contributed by atoms with Gasteiger partial charge in [0.2, 0.25) is 0 Å². The molecule has 0 amide bonds. The molecule has 2 rings (SSSR count). The average Bonchev–Trinajstić information content (AvgIpc) is 2.13. The molecule has 3 nitrogen and oxygen atoms in total. The number of rotatable bonds is 2. The first-order valence-electron chi connectivity index (χ1n) is 5.24. The van der Waals surface area contributed by atoms with Crippen LogP contribution in [0.2, 0.25) is 0 Å². The Morgan fingerprint density at radius 2 is 2.07 bits per heavy atom. The molecule has 0 bridgehead atoms. The summed E-state index contributed by atoms with van der Waals surface area (Å²) in [7, 11) is 1.56. The van der Waals surface area contributed by atoms with Crippen molar-refractivity contribution in [3.8, 4) is 11.5 Å². The van der Waals surface area contributed by atoms with Gasteiger partial charge in [0.25, 0.3) is 0 Å². The normalized spacial score (nSPS) is 18.3. The molecule has 1 aliphatic rings. The molecule has 82 valence electrons. The first-order chi connectivity index (χ1) is 7.07. The lowest BCUT2D eigenvalue weighted by molar-refractivity contribution is 0.252. The molecule has 15 heavy (non-hydrogen) atoms. The van der Waals surface area contributed by atoms with Crippen LogP contribution in [0.15, 0.2) is 12.1 Å². The first-order valence-corrected chi connectivity index (χ1v) is 5.24. The fourth-order valence-electron chi connectivity index (χ4n) is 2.15. The molecule has 1 aromatic rings. The molecule has 1 aromatic carbocycles. The van der Waals surface area contributed by atoms with Crippen LogP contribution in [0.1, 0.15) is 30.4 Å². The van der Waals surface area contributed by atoms with Crippen LogP contribution in [0.5, 0.6) is 11.5 Å². The van der Waals surface area contributed by atoms with Gasteiger partial charge in [0.15, 0.2) is 11.5 Å². The second kappa shape index (κ2) is 3.42. The fraction of sp³-hybridized carbons (Fsp3) is 0.500. The Hall–Kier alpha value is -1.22. The molecule has 1 saturated carbocycles. The largest absolute Gasteiger partial charge is 0.504 e. The van der Waals surface area contributed by atoms with E-state index in [-0.39, 0.29) is 11.3 Å². The molecule has 0 unspecified atom stereocenters. The lowest BCUT2D eigenvalue weighted by atomic mass is 9.72. The standard InChI is InChI=1S/C12H17NO2/c1-8-6-9(12(13)4-3-5-12)7-10(14)11(8)15-2/h6-7,14H,3-5,13H2,1-2H3. The van der Waals surface area contributed by atoms with E-state index < -0.39 is 0 Å². The van der Waals surface area contributed by atoms with Crippen molar-refractivity contribution in [3.63, 3.8) is 0 Å². The van der Waals surface area contributed by atoms with Gasteiger partial charge in [-0.3, -0.25) is 0 Å². The monoisotopic (exact) mass is 207 g/mol. The van der Waals surface area contributed by atoms with Crippen molar-refractivity contribution in [1.29, 1.82) is 0 Å². The summed E-state index contributed by atoms with van der Waals surface area (Å²) in [5, 5.41) is 9.77. The number of hydrogen-bond donors (Lipinski definition) is 2. The summed E-state index contributed by atoms with van der Waals surface area (Å²) in [5.74, 6) is 0.728. The van der Waals surface area contributed by atoms with Crippen LogP contribution < -0.4 is 10.5 Å². The van der Waals surface area contributed by atoms with E-state index >= 15 is 0 Å². The van der Waals surface area contributed by atoms with Gasteiger partial charge in [-0.05, 0) is 43.4 Å². The lowest BCUT2D eigenvalue weighted by Crippen LogP contribution is -2.43. The fourth-order valence-corrected chi connectivity index (χ4v) is 2.15. The number of hydrogen-bond acceptors (Lipinski definition) is 3. The van der Waals surface area contributed by atoms with Crippen molar-refractivity contribution in [3.05, 3.63) is 23.3 Å². The number of methoxy groups -OCH3 is 1. The van der Waals surface area contributed by atoms with Crippen LogP contribution in [0.3, 0.4) is 0 Å². The van der Waals surface area contributed by atoms with Crippen LogP contribution in [0.25, 0.3) is 0 Å². The van der Waals surface area contributed by atoms with Crippen LogP contribution in [-0.4, -0.2) is 12.2 Å². The highest BCUT2D eigenvalue weighted by Gasteiger charge is 2.35. The van der Waals surface area contributed by atoms with Crippen molar-refractivity contribution < 1.29 is 9.84 Å². The molecule has 0 radical (unpaired) electrons. The van der Waals surface area contributed by atoms with Crippen molar-refractivity contribution >= 4 is 0 Å². The third kappa shape index (κ3) is 1.57. The molecule has 1 aliphatic carbocycles. The summed E-state index contributed by atoms with van der Waals surface area (Å²) in [6.07, 6.45) is 3.17. The molecule has 3 N–H and O–H groups in total. The van der Waals surface area contributed by atoms with Crippen LogP contribution in [0.4, 0.5) is 0 Å². The zero-order valence-electron chi connectivity index (χ0n) is 9.21. The minimum absolute atomic E-state index is 0.184. The minimum Gasteiger partial charge on any atom is -0.504 e. The van der Waals surface area contributed by atoms with Crippen LogP contribution in [0, 0.1) is 6.92 Å². The zero-order valence-corrected chi connectivity index (χ0v) is 9.21. The summed E-state index contributed by atoms with van der Waals surface area (Å²) in [4.78, 5) is 0. The summed E-state index contributed by atoms with van der Waals surface area (Å²) >= 11 is 0. The molecule has 0 aliphatic heterocycles. The Kier molecular flexibility index (Phi) is 2.35. The second-order valence-corrected chi connectivity index (χ2v) is 4.36. The number of phenols is 1. The molecule has 0 saturated heterocycles. The van der Waals surface area contributed by atoms with Gasteiger partial charge >= 0.3 is 0 Å². The van der Waals surface area contributed by atoms with E-state index in [9.17, 15) is 5.11 Å². The van der Waals surface area contributed by atoms with E-state index in [1.807, 2.05) is 13.0 Å². The lowest BCUT2D eigenvalue weighted by Gasteiger charge is -2.39. The highest BCUT2D eigenvalue weighted by molar-refractivity contribution is 5.50. The average molecular weight is 207 g/mol. The topological polar surface area (TPSA) is 55.5 Å². The maximum Gasteiger partial charge on any atom is 0.163 e. The highest BCUT2D eigenvalue weighted by atomic mass is 16.5. The number of phenolic OH excluding ortho intramolecular Hbond substituents is 1. The van der Waals surface area contributed by atoms with Gasteiger partial charge in [0, 0.05) is 5.54 Å². The van der Waals surface area contributed by atoms with Gasteiger partial charge in [0.05, 0.1) is 7.11 Å². The Balaban J connectivity index is 2.43. The molecule has 0 heterocycles. The Morgan fingerprint density at radius 3 is 2.47 bits per heavy atom. The Morgan fingerprint density at radius 1 is 1.40 bits per heavy atom.